The van der Waals surface area contributed by atoms with E-state index in [0.29, 0.717) is 23.7 Å². The molecule has 0 bridgehead atoms. The largest absolute Gasteiger partial charge is 0.395 e. The first-order valence-electron chi connectivity index (χ1n) is 7.62. The van der Waals surface area contributed by atoms with Crippen molar-refractivity contribution in [1.29, 1.82) is 0 Å². The van der Waals surface area contributed by atoms with Crippen molar-refractivity contribution in [2.24, 2.45) is 0 Å². The number of aliphatic hydroxyl groups is 1. The molecule has 3 rings (SSSR count). The smallest absolute Gasteiger partial charge is 0.123 e. The Balaban J connectivity index is 2.21. The number of halogens is 2. The lowest BCUT2D eigenvalue weighted by atomic mass is 9.70. The Labute approximate surface area is 140 Å². The first-order chi connectivity index (χ1) is 11.2. The summed E-state index contributed by atoms with van der Waals surface area (Å²) in [5, 5.41) is 14.2. The fraction of sp³-hybridized carbons (Fsp3) is 0.333. The Bertz CT molecular complexity index is 676. The molecule has 2 unspecified atom stereocenters. The van der Waals surface area contributed by atoms with Crippen molar-refractivity contribution in [2.75, 3.05) is 26.3 Å². The van der Waals surface area contributed by atoms with E-state index < -0.39 is 5.41 Å². The maximum absolute atomic E-state index is 13.8. The summed E-state index contributed by atoms with van der Waals surface area (Å²) in [6, 6.07) is 13.6. The highest BCUT2D eigenvalue weighted by molar-refractivity contribution is 6.31. The summed E-state index contributed by atoms with van der Waals surface area (Å²) >= 11 is 6.42. The van der Waals surface area contributed by atoms with Gasteiger partial charge in [-0.05, 0) is 29.3 Å². The van der Waals surface area contributed by atoms with E-state index in [4.69, 9.17) is 16.3 Å². The molecule has 23 heavy (non-hydrogen) atoms. The summed E-state index contributed by atoms with van der Waals surface area (Å²) in [6.07, 6.45) is -0.344. The molecule has 3 nitrogen and oxygen atoms in total. The van der Waals surface area contributed by atoms with Crippen LogP contribution in [-0.2, 0) is 10.2 Å². The molecule has 5 heteroatoms. The molecule has 1 saturated heterocycles. The van der Waals surface area contributed by atoms with E-state index in [1.807, 2.05) is 18.2 Å². The summed E-state index contributed by atoms with van der Waals surface area (Å²) in [6.45, 7) is 1.62. The van der Waals surface area contributed by atoms with Gasteiger partial charge in [-0.3, -0.25) is 0 Å². The Morgan fingerprint density at radius 3 is 2.74 bits per heavy atom. The van der Waals surface area contributed by atoms with Crippen LogP contribution in [-0.4, -0.2) is 37.5 Å². The lowest BCUT2D eigenvalue weighted by Crippen LogP contribution is -2.54. The van der Waals surface area contributed by atoms with Gasteiger partial charge in [-0.1, -0.05) is 41.9 Å². The van der Waals surface area contributed by atoms with Crippen LogP contribution in [0.15, 0.2) is 48.5 Å². The Morgan fingerprint density at radius 1 is 1.26 bits per heavy atom. The van der Waals surface area contributed by atoms with Crippen molar-refractivity contribution in [2.45, 2.75) is 11.5 Å². The standard InChI is InChI=1S/C18H19ClFNO2/c19-16-7-2-1-6-15(16)18(12-22,17-11-21-8-9-23-17)13-4-3-5-14(20)10-13/h1-7,10,17,21-22H,8-9,11-12H2. The molecule has 0 spiro atoms. The second-order valence-corrected chi connectivity index (χ2v) is 6.09. The van der Waals surface area contributed by atoms with Gasteiger partial charge in [0.15, 0.2) is 0 Å². The molecular formula is C18H19ClFNO2. The molecule has 1 fully saturated rings. The molecule has 1 heterocycles. The second kappa shape index (κ2) is 6.97. The molecule has 0 radical (unpaired) electrons. The van der Waals surface area contributed by atoms with Crippen molar-refractivity contribution in [3.05, 3.63) is 70.5 Å². The number of nitrogens with one attached hydrogen (secondary N) is 1. The van der Waals surface area contributed by atoms with Crippen LogP contribution in [0.4, 0.5) is 4.39 Å². The highest BCUT2D eigenvalue weighted by Gasteiger charge is 2.44. The molecule has 2 atom stereocenters. The van der Waals surface area contributed by atoms with E-state index in [2.05, 4.69) is 5.32 Å². The zero-order valence-electron chi connectivity index (χ0n) is 12.6. The van der Waals surface area contributed by atoms with Crippen molar-refractivity contribution in [3.8, 4) is 0 Å². The normalized spacial score (nSPS) is 20.9. The third-order valence-electron chi connectivity index (χ3n) is 4.42. The minimum Gasteiger partial charge on any atom is -0.395 e. The van der Waals surface area contributed by atoms with Gasteiger partial charge in [0.05, 0.1) is 24.7 Å². The molecule has 2 aromatic carbocycles. The molecule has 0 aromatic heterocycles. The number of benzene rings is 2. The fourth-order valence-corrected chi connectivity index (χ4v) is 3.57. The summed E-state index contributed by atoms with van der Waals surface area (Å²) in [5.41, 5.74) is 0.471. The average molecular weight is 336 g/mol. The van der Waals surface area contributed by atoms with Gasteiger partial charge < -0.3 is 15.2 Å². The molecular weight excluding hydrogens is 317 g/mol. The van der Waals surface area contributed by atoms with E-state index in [0.717, 1.165) is 12.1 Å². The molecule has 122 valence electrons. The first kappa shape index (κ1) is 16.4. The van der Waals surface area contributed by atoms with Crippen LogP contribution in [0.3, 0.4) is 0 Å². The summed E-state index contributed by atoms with van der Waals surface area (Å²) < 4.78 is 19.8. The van der Waals surface area contributed by atoms with Crippen LogP contribution in [0, 0.1) is 5.82 Å². The van der Waals surface area contributed by atoms with E-state index in [1.165, 1.54) is 12.1 Å². The number of hydrogen-bond donors (Lipinski definition) is 2. The minimum atomic E-state index is -0.923. The van der Waals surface area contributed by atoms with Gasteiger partial charge >= 0.3 is 0 Å². The van der Waals surface area contributed by atoms with Gasteiger partial charge in [0.1, 0.15) is 5.82 Å². The molecule has 0 saturated carbocycles. The number of morpholine rings is 1. The Morgan fingerprint density at radius 2 is 2.09 bits per heavy atom. The maximum Gasteiger partial charge on any atom is 0.123 e. The Kier molecular flexibility index (Phi) is 4.97. The van der Waals surface area contributed by atoms with Crippen molar-refractivity contribution in [1.82, 2.24) is 5.32 Å². The second-order valence-electron chi connectivity index (χ2n) is 5.68. The number of hydrogen-bond acceptors (Lipinski definition) is 3. The third-order valence-corrected chi connectivity index (χ3v) is 4.75. The number of aliphatic hydroxyl groups excluding tert-OH is 1. The SMILES string of the molecule is OCC(c1cccc(F)c1)(c1ccccc1Cl)C1CNCCO1. The zero-order chi connectivity index (χ0) is 16.3. The lowest BCUT2D eigenvalue weighted by molar-refractivity contribution is -0.0287. The highest BCUT2D eigenvalue weighted by Crippen LogP contribution is 2.41. The minimum absolute atomic E-state index is 0.230. The predicted molar refractivity (Wildman–Crippen MR) is 88.3 cm³/mol. The summed E-state index contributed by atoms with van der Waals surface area (Å²) in [5.74, 6) is -0.351. The highest BCUT2D eigenvalue weighted by atomic mass is 35.5. The van der Waals surface area contributed by atoms with E-state index >= 15 is 0 Å². The van der Waals surface area contributed by atoms with Crippen molar-refractivity contribution >= 4 is 11.6 Å². The van der Waals surface area contributed by atoms with Crippen LogP contribution in [0.25, 0.3) is 0 Å². The summed E-state index contributed by atoms with van der Waals surface area (Å²) in [4.78, 5) is 0. The zero-order valence-corrected chi connectivity index (χ0v) is 13.4. The van der Waals surface area contributed by atoms with Gasteiger partial charge in [-0.15, -0.1) is 0 Å². The van der Waals surface area contributed by atoms with Crippen LogP contribution in [0.1, 0.15) is 11.1 Å². The molecule has 0 amide bonds. The fourth-order valence-electron chi connectivity index (χ4n) is 3.26. The topological polar surface area (TPSA) is 41.5 Å². The number of rotatable bonds is 4. The summed E-state index contributed by atoms with van der Waals surface area (Å²) in [7, 11) is 0. The third kappa shape index (κ3) is 3.00. The maximum atomic E-state index is 13.8. The van der Waals surface area contributed by atoms with Crippen LogP contribution in [0.5, 0.6) is 0 Å². The molecule has 2 aromatic rings. The molecule has 2 N–H and O–H groups in total. The van der Waals surface area contributed by atoms with Crippen LogP contribution in [0.2, 0.25) is 5.02 Å². The van der Waals surface area contributed by atoms with Gasteiger partial charge in [0.2, 0.25) is 0 Å². The molecule has 1 aliphatic heterocycles. The average Bonchev–Trinajstić information content (AvgIpc) is 2.59. The quantitative estimate of drug-likeness (QED) is 0.902. The van der Waals surface area contributed by atoms with Gasteiger partial charge in [-0.2, -0.15) is 0 Å². The van der Waals surface area contributed by atoms with E-state index in [9.17, 15) is 9.50 Å². The Hall–Kier alpha value is -1.46. The number of ether oxygens (including phenoxy) is 1. The van der Waals surface area contributed by atoms with Gasteiger partial charge in [-0.25, -0.2) is 4.39 Å². The van der Waals surface area contributed by atoms with E-state index in [1.54, 1.807) is 18.2 Å². The van der Waals surface area contributed by atoms with Crippen molar-refractivity contribution < 1.29 is 14.2 Å². The first-order valence-corrected chi connectivity index (χ1v) is 8.00. The van der Waals surface area contributed by atoms with E-state index in [-0.39, 0.29) is 18.5 Å². The molecule has 1 aliphatic rings. The van der Waals surface area contributed by atoms with Gasteiger partial charge in [0, 0.05) is 18.1 Å². The monoisotopic (exact) mass is 335 g/mol. The van der Waals surface area contributed by atoms with Crippen molar-refractivity contribution in [3.63, 3.8) is 0 Å². The van der Waals surface area contributed by atoms with Crippen LogP contribution < -0.4 is 5.32 Å². The predicted octanol–water partition coefficient (Wildman–Crippen LogP) is 2.75. The lowest BCUT2D eigenvalue weighted by Gasteiger charge is -2.42. The molecule has 0 aliphatic carbocycles. The van der Waals surface area contributed by atoms with Crippen LogP contribution >= 0.6 is 11.6 Å². The van der Waals surface area contributed by atoms with Gasteiger partial charge in [0.25, 0.3) is 0 Å².